The van der Waals surface area contributed by atoms with Crippen LogP contribution in [0, 0.1) is 5.92 Å². The fourth-order valence-corrected chi connectivity index (χ4v) is 2.63. The number of hydrogen-bond donors (Lipinski definition) is 3. The fraction of sp³-hybridized carbons (Fsp3) is 0.429. The van der Waals surface area contributed by atoms with E-state index in [9.17, 15) is 4.79 Å². The highest BCUT2D eigenvalue weighted by Gasteiger charge is 2.20. The Morgan fingerprint density at radius 2 is 2.04 bits per heavy atom. The molecule has 1 fully saturated rings. The van der Waals surface area contributed by atoms with E-state index < -0.39 is 0 Å². The summed E-state index contributed by atoms with van der Waals surface area (Å²) in [6.45, 7) is 3.16. The first-order valence-electron chi connectivity index (χ1n) is 9.70. The number of carbonyl (C=O) groups excluding carboxylic acids is 1. The highest BCUT2D eigenvalue weighted by molar-refractivity contribution is 6.02. The average molecular weight is 384 g/mol. The van der Waals surface area contributed by atoms with Crippen LogP contribution in [0.15, 0.2) is 52.1 Å². The van der Waals surface area contributed by atoms with E-state index in [0.717, 1.165) is 49.3 Å². The van der Waals surface area contributed by atoms with Crippen molar-refractivity contribution in [2.45, 2.75) is 25.8 Å². The van der Waals surface area contributed by atoms with Gasteiger partial charge in [-0.1, -0.05) is 12.1 Å². The molecule has 1 aromatic heterocycles. The minimum Gasteiger partial charge on any atom is -0.459 e. The Morgan fingerprint density at radius 3 is 2.71 bits per heavy atom. The summed E-state index contributed by atoms with van der Waals surface area (Å²) in [7, 11) is 1.76. The van der Waals surface area contributed by atoms with Crippen LogP contribution in [0.25, 0.3) is 0 Å². The summed E-state index contributed by atoms with van der Waals surface area (Å²) in [6.07, 6.45) is 5.08. The van der Waals surface area contributed by atoms with Crippen LogP contribution in [0.5, 0.6) is 0 Å². The topological polar surface area (TPSA) is 87.9 Å². The van der Waals surface area contributed by atoms with Crippen molar-refractivity contribution in [2.75, 3.05) is 32.1 Å². The smallest absolute Gasteiger partial charge is 0.291 e. The lowest BCUT2D eigenvalue weighted by molar-refractivity contribution is 0.0996. The lowest BCUT2D eigenvalue weighted by atomic mass is 10.2. The monoisotopic (exact) mass is 384 g/mol. The van der Waals surface area contributed by atoms with Crippen LogP contribution in [0.1, 0.15) is 35.4 Å². The molecule has 0 radical (unpaired) electrons. The number of aliphatic imine (C=N–C) groups is 1. The van der Waals surface area contributed by atoms with Gasteiger partial charge in [0.1, 0.15) is 0 Å². The number of nitrogens with zero attached hydrogens (tertiary/aromatic N) is 1. The number of rotatable bonds is 10. The van der Waals surface area contributed by atoms with Gasteiger partial charge in [0.05, 0.1) is 6.26 Å². The van der Waals surface area contributed by atoms with Crippen molar-refractivity contribution in [3.05, 3.63) is 54.0 Å². The average Bonchev–Trinajstić information content (AvgIpc) is 3.37. The highest BCUT2D eigenvalue weighted by atomic mass is 16.5. The summed E-state index contributed by atoms with van der Waals surface area (Å²) in [5.74, 6) is 1.60. The number of ether oxygens (including phenoxy) is 1. The van der Waals surface area contributed by atoms with Gasteiger partial charge in [0.15, 0.2) is 11.7 Å². The third kappa shape index (κ3) is 6.74. The molecule has 2 aromatic rings. The summed E-state index contributed by atoms with van der Waals surface area (Å²) in [4.78, 5) is 16.2. The number of carbonyl (C=O) groups is 1. The lowest BCUT2D eigenvalue weighted by Gasteiger charge is -2.12. The van der Waals surface area contributed by atoms with Crippen LogP contribution in [-0.4, -0.2) is 38.7 Å². The second-order valence-electron chi connectivity index (χ2n) is 6.85. The Labute approximate surface area is 165 Å². The molecule has 0 saturated heterocycles. The van der Waals surface area contributed by atoms with E-state index in [2.05, 4.69) is 20.9 Å². The van der Waals surface area contributed by atoms with E-state index in [1.165, 1.54) is 19.1 Å². The molecule has 0 aliphatic heterocycles. The molecule has 150 valence electrons. The molecule has 0 atom stereocenters. The van der Waals surface area contributed by atoms with Crippen LogP contribution in [0.3, 0.4) is 0 Å². The fourth-order valence-electron chi connectivity index (χ4n) is 2.63. The molecule has 28 heavy (non-hydrogen) atoms. The summed E-state index contributed by atoms with van der Waals surface area (Å²) in [5, 5.41) is 9.37. The summed E-state index contributed by atoms with van der Waals surface area (Å²) in [5.41, 5.74) is 1.81. The van der Waals surface area contributed by atoms with Gasteiger partial charge >= 0.3 is 0 Å². The molecule has 7 nitrogen and oxygen atoms in total. The second-order valence-corrected chi connectivity index (χ2v) is 6.85. The normalized spacial score (nSPS) is 14.0. The van der Waals surface area contributed by atoms with E-state index in [0.29, 0.717) is 12.3 Å². The molecular formula is C21H28N4O3. The van der Waals surface area contributed by atoms with Crippen LogP contribution in [-0.2, 0) is 11.3 Å². The van der Waals surface area contributed by atoms with Crippen molar-refractivity contribution in [3.63, 3.8) is 0 Å². The van der Waals surface area contributed by atoms with Crippen molar-refractivity contribution in [1.29, 1.82) is 0 Å². The van der Waals surface area contributed by atoms with Crippen molar-refractivity contribution in [3.8, 4) is 0 Å². The minimum absolute atomic E-state index is 0.262. The number of amides is 1. The standard InChI is InChI=1S/C21H28N4O3/c1-22-21(23-11-3-12-27-15-17-5-6-17)24-14-16-7-9-18(10-8-16)25-20(26)19-4-2-13-28-19/h2,4,7-10,13,17H,3,5-6,11-12,14-15H2,1H3,(H,25,26)(H2,22,23,24). The molecule has 0 unspecified atom stereocenters. The first-order valence-corrected chi connectivity index (χ1v) is 9.70. The number of furan rings is 1. The molecule has 3 rings (SSSR count). The van der Waals surface area contributed by atoms with Gasteiger partial charge in [0.25, 0.3) is 5.91 Å². The van der Waals surface area contributed by atoms with E-state index >= 15 is 0 Å². The maximum absolute atomic E-state index is 12.0. The Balaban J connectivity index is 1.34. The Hall–Kier alpha value is -2.80. The first-order chi connectivity index (χ1) is 13.7. The predicted octanol–water partition coefficient (Wildman–Crippen LogP) is 3.01. The number of benzene rings is 1. The van der Waals surface area contributed by atoms with Gasteiger partial charge < -0.3 is 25.1 Å². The lowest BCUT2D eigenvalue weighted by Crippen LogP contribution is -2.37. The molecule has 0 spiro atoms. The van der Waals surface area contributed by atoms with Gasteiger partial charge in [-0.25, -0.2) is 0 Å². The number of hydrogen-bond acceptors (Lipinski definition) is 4. The van der Waals surface area contributed by atoms with Crippen molar-refractivity contribution in [2.24, 2.45) is 10.9 Å². The largest absolute Gasteiger partial charge is 0.459 e. The zero-order chi connectivity index (χ0) is 19.6. The molecule has 1 aliphatic carbocycles. The van der Waals surface area contributed by atoms with E-state index in [-0.39, 0.29) is 5.91 Å². The third-order valence-corrected chi connectivity index (χ3v) is 4.45. The van der Waals surface area contributed by atoms with E-state index in [4.69, 9.17) is 9.15 Å². The molecule has 1 saturated carbocycles. The predicted molar refractivity (Wildman–Crippen MR) is 109 cm³/mol. The minimum atomic E-state index is -0.262. The summed E-state index contributed by atoms with van der Waals surface area (Å²) >= 11 is 0. The van der Waals surface area contributed by atoms with Gasteiger partial charge in [0.2, 0.25) is 0 Å². The molecule has 7 heteroatoms. The van der Waals surface area contributed by atoms with Gasteiger partial charge in [-0.15, -0.1) is 0 Å². The van der Waals surface area contributed by atoms with Crippen LogP contribution >= 0.6 is 0 Å². The van der Waals surface area contributed by atoms with E-state index in [1.807, 2.05) is 24.3 Å². The van der Waals surface area contributed by atoms with Crippen molar-refractivity contribution < 1.29 is 13.9 Å². The van der Waals surface area contributed by atoms with E-state index in [1.54, 1.807) is 19.2 Å². The van der Waals surface area contributed by atoms with Crippen molar-refractivity contribution >= 4 is 17.6 Å². The van der Waals surface area contributed by atoms with Gasteiger partial charge in [-0.2, -0.15) is 0 Å². The molecule has 1 aliphatic rings. The Kier molecular flexibility index (Phi) is 7.49. The Bertz CT molecular complexity index is 752. The molecule has 3 N–H and O–H groups in total. The summed E-state index contributed by atoms with van der Waals surface area (Å²) in [6, 6.07) is 11.0. The second kappa shape index (κ2) is 10.5. The number of guanidine groups is 1. The first kappa shape index (κ1) is 19.9. The number of anilines is 1. The zero-order valence-corrected chi connectivity index (χ0v) is 16.2. The molecule has 0 bridgehead atoms. The SMILES string of the molecule is CN=C(NCCCOCC1CC1)NCc1ccc(NC(=O)c2ccco2)cc1. The van der Waals surface area contributed by atoms with Gasteiger partial charge in [0, 0.05) is 39.0 Å². The highest BCUT2D eigenvalue weighted by Crippen LogP contribution is 2.28. The molecule has 1 aromatic carbocycles. The van der Waals surface area contributed by atoms with Gasteiger partial charge in [-0.3, -0.25) is 9.79 Å². The molecule has 1 heterocycles. The Morgan fingerprint density at radius 1 is 1.21 bits per heavy atom. The maximum atomic E-state index is 12.0. The van der Waals surface area contributed by atoms with Crippen LogP contribution < -0.4 is 16.0 Å². The zero-order valence-electron chi connectivity index (χ0n) is 16.2. The van der Waals surface area contributed by atoms with Crippen LogP contribution in [0.4, 0.5) is 5.69 Å². The number of nitrogens with one attached hydrogen (secondary N) is 3. The van der Waals surface area contributed by atoms with Crippen LogP contribution in [0.2, 0.25) is 0 Å². The maximum Gasteiger partial charge on any atom is 0.291 e. The molecular weight excluding hydrogens is 356 g/mol. The quantitative estimate of drug-likeness (QED) is 0.333. The van der Waals surface area contributed by atoms with Crippen molar-refractivity contribution in [1.82, 2.24) is 10.6 Å². The third-order valence-electron chi connectivity index (χ3n) is 4.45. The van der Waals surface area contributed by atoms with Gasteiger partial charge in [-0.05, 0) is 55.0 Å². The molecule has 1 amide bonds. The summed E-state index contributed by atoms with van der Waals surface area (Å²) < 4.78 is 10.7.